The largest absolute Gasteiger partial charge is 0.352 e. The fourth-order valence-corrected chi connectivity index (χ4v) is 4.83. The fourth-order valence-electron chi connectivity index (χ4n) is 3.94. The third kappa shape index (κ3) is 4.52. The first-order valence-electron chi connectivity index (χ1n) is 10.8. The Morgan fingerprint density at radius 3 is 2.52 bits per heavy atom. The minimum absolute atomic E-state index is 0.0191. The molecule has 4 aromatic rings. The van der Waals surface area contributed by atoms with Crippen molar-refractivity contribution in [3.8, 4) is 21.8 Å². The smallest absolute Gasteiger partial charge is 0.251 e. The molecule has 7 heteroatoms. The third-order valence-corrected chi connectivity index (χ3v) is 6.61. The molecule has 0 atom stereocenters. The lowest BCUT2D eigenvalue weighted by Crippen LogP contribution is -2.28. The summed E-state index contributed by atoms with van der Waals surface area (Å²) in [5.74, 6) is -0.0191. The van der Waals surface area contributed by atoms with Crippen LogP contribution in [0.15, 0.2) is 60.8 Å². The van der Waals surface area contributed by atoms with Gasteiger partial charge in [0.15, 0.2) is 0 Å². The minimum atomic E-state index is -0.0191. The van der Waals surface area contributed by atoms with Gasteiger partial charge < -0.3 is 10.2 Å². The van der Waals surface area contributed by atoms with Gasteiger partial charge in [0.2, 0.25) is 4.96 Å². The van der Waals surface area contributed by atoms with E-state index in [0.717, 1.165) is 39.8 Å². The number of carbonyl (C=O) groups excluding carboxylic acids is 1. The molecule has 1 aliphatic rings. The van der Waals surface area contributed by atoms with Crippen molar-refractivity contribution in [2.24, 2.45) is 0 Å². The first-order valence-corrected chi connectivity index (χ1v) is 11.6. The summed E-state index contributed by atoms with van der Waals surface area (Å²) in [6, 6.07) is 17.7. The number of aromatic nitrogens is 3. The van der Waals surface area contributed by atoms with Crippen LogP contribution in [0, 0.1) is 0 Å². The number of nitrogens with one attached hydrogen (secondary N) is 1. The highest BCUT2D eigenvalue weighted by Crippen LogP contribution is 2.28. The summed E-state index contributed by atoms with van der Waals surface area (Å²) in [5, 5.41) is 8.59. The van der Waals surface area contributed by atoms with Gasteiger partial charge in [0.05, 0.1) is 11.9 Å². The van der Waals surface area contributed by atoms with Crippen molar-refractivity contribution in [1.82, 2.24) is 24.8 Å². The van der Waals surface area contributed by atoms with Gasteiger partial charge in [-0.3, -0.25) is 4.79 Å². The standard InChI is InChI=1S/C24H25N5OS/c30-22(25-13-6-16-28-14-4-5-15-28)19-9-11-20(12-10-19)23-27-29-17-21(26-24(29)31-23)18-7-2-1-3-8-18/h1-3,7-12,17H,4-6,13-16H2,(H,25,30). The molecule has 1 fully saturated rings. The van der Waals surface area contributed by atoms with Crippen LogP contribution < -0.4 is 5.32 Å². The number of benzene rings is 2. The van der Waals surface area contributed by atoms with Crippen molar-refractivity contribution >= 4 is 22.2 Å². The lowest BCUT2D eigenvalue weighted by Gasteiger charge is -2.14. The fraction of sp³-hybridized carbons (Fsp3) is 0.292. The molecule has 5 rings (SSSR count). The first-order chi connectivity index (χ1) is 15.3. The molecule has 0 radical (unpaired) electrons. The minimum Gasteiger partial charge on any atom is -0.352 e. The van der Waals surface area contributed by atoms with Crippen molar-refractivity contribution in [1.29, 1.82) is 0 Å². The van der Waals surface area contributed by atoms with Gasteiger partial charge in [-0.05, 0) is 51.0 Å². The van der Waals surface area contributed by atoms with E-state index < -0.39 is 0 Å². The summed E-state index contributed by atoms with van der Waals surface area (Å²) in [7, 11) is 0. The van der Waals surface area contributed by atoms with Crippen LogP contribution in [0.25, 0.3) is 26.8 Å². The van der Waals surface area contributed by atoms with Gasteiger partial charge in [-0.2, -0.15) is 5.10 Å². The Morgan fingerprint density at radius 1 is 1.00 bits per heavy atom. The molecule has 1 amide bonds. The van der Waals surface area contributed by atoms with Crippen molar-refractivity contribution < 1.29 is 4.79 Å². The Hall–Kier alpha value is -3.03. The lowest BCUT2D eigenvalue weighted by atomic mass is 10.1. The van der Waals surface area contributed by atoms with Gasteiger partial charge >= 0.3 is 0 Å². The Labute approximate surface area is 185 Å². The zero-order valence-electron chi connectivity index (χ0n) is 17.3. The number of likely N-dealkylation sites (tertiary alicyclic amines) is 1. The molecule has 1 aliphatic heterocycles. The summed E-state index contributed by atoms with van der Waals surface area (Å²) in [6.45, 7) is 4.18. The SMILES string of the molecule is O=C(NCCCN1CCCC1)c1ccc(-c2nn3cc(-c4ccccc4)nc3s2)cc1. The molecule has 1 N–H and O–H groups in total. The number of imidazole rings is 1. The summed E-state index contributed by atoms with van der Waals surface area (Å²) in [5.41, 5.74) is 3.67. The van der Waals surface area contributed by atoms with Crippen LogP contribution in [-0.4, -0.2) is 51.6 Å². The molecule has 3 heterocycles. The van der Waals surface area contributed by atoms with E-state index in [0.29, 0.717) is 12.1 Å². The number of carbonyl (C=O) groups is 1. The van der Waals surface area contributed by atoms with E-state index >= 15 is 0 Å². The summed E-state index contributed by atoms with van der Waals surface area (Å²) < 4.78 is 1.82. The molecule has 2 aromatic heterocycles. The molecule has 0 bridgehead atoms. The molecule has 1 saturated heterocycles. The zero-order valence-corrected chi connectivity index (χ0v) is 18.1. The van der Waals surface area contributed by atoms with Gasteiger partial charge in [-0.1, -0.05) is 53.8 Å². The maximum Gasteiger partial charge on any atom is 0.251 e. The zero-order chi connectivity index (χ0) is 21.0. The van der Waals surface area contributed by atoms with Crippen LogP contribution >= 0.6 is 11.3 Å². The van der Waals surface area contributed by atoms with E-state index in [1.165, 1.54) is 25.9 Å². The predicted octanol–water partition coefficient (Wildman–Crippen LogP) is 4.34. The second-order valence-corrected chi connectivity index (χ2v) is 8.82. The number of hydrogen-bond acceptors (Lipinski definition) is 5. The molecule has 0 unspecified atom stereocenters. The number of nitrogens with zero attached hydrogens (tertiary/aromatic N) is 4. The van der Waals surface area contributed by atoms with E-state index in [9.17, 15) is 4.79 Å². The molecule has 2 aromatic carbocycles. The van der Waals surface area contributed by atoms with Crippen LogP contribution in [0.2, 0.25) is 0 Å². The van der Waals surface area contributed by atoms with Gasteiger partial charge in [-0.25, -0.2) is 9.50 Å². The van der Waals surface area contributed by atoms with E-state index in [4.69, 9.17) is 4.98 Å². The first kappa shape index (κ1) is 19.9. The van der Waals surface area contributed by atoms with Crippen molar-refractivity contribution in [2.45, 2.75) is 19.3 Å². The van der Waals surface area contributed by atoms with Crippen LogP contribution in [0.1, 0.15) is 29.6 Å². The maximum absolute atomic E-state index is 12.4. The average molecular weight is 432 g/mol. The summed E-state index contributed by atoms with van der Waals surface area (Å²) in [4.78, 5) is 20.4. The van der Waals surface area contributed by atoms with Crippen molar-refractivity contribution in [2.75, 3.05) is 26.2 Å². The average Bonchev–Trinajstić information content (AvgIpc) is 3.54. The topological polar surface area (TPSA) is 62.5 Å². The number of fused-ring (bicyclic) bond motifs is 1. The van der Waals surface area contributed by atoms with Crippen molar-refractivity contribution in [3.63, 3.8) is 0 Å². The second kappa shape index (κ2) is 8.99. The Bertz CT molecular complexity index is 1130. The van der Waals surface area contributed by atoms with Gasteiger partial charge in [-0.15, -0.1) is 0 Å². The molecule has 0 spiro atoms. The third-order valence-electron chi connectivity index (χ3n) is 5.64. The second-order valence-electron chi connectivity index (χ2n) is 7.86. The molecule has 158 valence electrons. The van der Waals surface area contributed by atoms with E-state index in [1.807, 2.05) is 65.3 Å². The number of rotatable bonds is 7. The highest BCUT2D eigenvalue weighted by atomic mass is 32.1. The van der Waals surface area contributed by atoms with E-state index in [1.54, 1.807) is 11.3 Å². The molecule has 6 nitrogen and oxygen atoms in total. The van der Waals surface area contributed by atoms with Crippen LogP contribution in [-0.2, 0) is 0 Å². The lowest BCUT2D eigenvalue weighted by molar-refractivity contribution is 0.0952. The maximum atomic E-state index is 12.4. The summed E-state index contributed by atoms with van der Waals surface area (Å²) in [6.07, 6.45) is 5.55. The highest BCUT2D eigenvalue weighted by Gasteiger charge is 2.13. The Morgan fingerprint density at radius 2 is 1.77 bits per heavy atom. The monoisotopic (exact) mass is 431 g/mol. The van der Waals surface area contributed by atoms with Crippen LogP contribution in [0.4, 0.5) is 0 Å². The Balaban J connectivity index is 1.20. The predicted molar refractivity (Wildman–Crippen MR) is 124 cm³/mol. The number of hydrogen-bond donors (Lipinski definition) is 1. The van der Waals surface area contributed by atoms with Gasteiger partial charge in [0.1, 0.15) is 5.01 Å². The number of amides is 1. The molecular weight excluding hydrogens is 406 g/mol. The van der Waals surface area contributed by atoms with E-state index in [2.05, 4.69) is 15.3 Å². The van der Waals surface area contributed by atoms with Gasteiger partial charge in [0, 0.05) is 23.2 Å². The van der Waals surface area contributed by atoms with Crippen molar-refractivity contribution in [3.05, 3.63) is 66.4 Å². The van der Waals surface area contributed by atoms with Gasteiger partial charge in [0.25, 0.3) is 5.91 Å². The molecular formula is C24H25N5OS. The molecule has 31 heavy (non-hydrogen) atoms. The van der Waals surface area contributed by atoms with E-state index in [-0.39, 0.29) is 5.91 Å². The molecule has 0 saturated carbocycles. The quantitative estimate of drug-likeness (QED) is 0.442. The normalized spacial score (nSPS) is 14.3. The summed E-state index contributed by atoms with van der Waals surface area (Å²) >= 11 is 1.54. The van der Waals surface area contributed by atoms with Crippen LogP contribution in [0.3, 0.4) is 0 Å². The van der Waals surface area contributed by atoms with Crippen LogP contribution in [0.5, 0.6) is 0 Å². The Kier molecular flexibility index (Phi) is 5.78. The highest BCUT2D eigenvalue weighted by molar-refractivity contribution is 7.19. The molecule has 0 aliphatic carbocycles.